The number of aliphatic hydroxyl groups excluding tert-OH is 1. The molecule has 0 saturated carbocycles. The molecular weight excluding hydrogens is 218 g/mol. The highest BCUT2D eigenvalue weighted by atomic mass is 16.5. The fourth-order valence-corrected chi connectivity index (χ4v) is 1.62. The quantitative estimate of drug-likeness (QED) is 0.820. The van der Waals surface area contributed by atoms with E-state index in [9.17, 15) is 5.11 Å². The maximum absolute atomic E-state index is 10.2. The number of rotatable bonds is 6. The lowest BCUT2D eigenvalue weighted by atomic mass is 10.1. The molecule has 0 fully saturated rings. The van der Waals surface area contributed by atoms with Gasteiger partial charge in [0.15, 0.2) is 0 Å². The first-order chi connectivity index (χ1) is 8.12. The SMILES string of the molecule is CCN(C)CC(O)c1cc(OC)ccc1OC. The van der Waals surface area contributed by atoms with Crippen LogP contribution in [0.15, 0.2) is 18.2 Å². The van der Waals surface area contributed by atoms with Gasteiger partial charge in [0, 0.05) is 12.1 Å². The zero-order valence-electron chi connectivity index (χ0n) is 10.9. The van der Waals surface area contributed by atoms with E-state index >= 15 is 0 Å². The van der Waals surface area contributed by atoms with Crippen LogP contribution >= 0.6 is 0 Å². The van der Waals surface area contributed by atoms with Gasteiger partial charge in [0.2, 0.25) is 0 Å². The summed E-state index contributed by atoms with van der Waals surface area (Å²) >= 11 is 0. The molecule has 0 saturated heterocycles. The summed E-state index contributed by atoms with van der Waals surface area (Å²) < 4.78 is 10.4. The molecule has 17 heavy (non-hydrogen) atoms. The molecule has 0 aliphatic rings. The monoisotopic (exact) mass is 239 g/mol. The minimum atomic E-state index is -0.579. The molecule has 1 aromatic rings. The number of nitrogens with zero attached hydrogens (tertiary/aromatic N) is 1. The molecule has 0 radical (unpaired) electrons. The van der Waals surface area contributed by atoms with Gasteiger partial charge >= 0.3 is 0 Å². The van der Waals surface area contributed by atoms with Gasteiger partial charge in [-0.2, -0.15) is 0 Å². The van der Waals surface area contributed by atoms with Crippen LogP contribution in [0, 0.1) is 0 Å². The van der Waals surface area contributed by atoms with Crippen LogP contribution in [-0.4, -0.2) is 44.4 Å². The molecule has 4 heteroatoms. The van der Waals surface area contributed by atoms with E-state index < -0.39 is 6.10 Å². The second kappa shape index (κ2) is 6.47. The van der Waals surface area contributed by atoms with Crippen LogP contribution in [0.1, 0.15) is 18.6 Å². The Labute approximate surface area is 103 Å². The van der Waals surface area contributed by atoms with Gasteiger partial charge in [0.05, 0.1) is 20.3 Å². The van der Waals surface area contributed by atoms with Crippen molar-refractivity contribution in [1.82, 2.24) is 4.90 Å². The van der Waals surface area contributed by atoms with Crippen molar-refractivity contribution in [1.29, 1.82) is 0 Å². The van der Waals surface area contributed by atoms with Crippen LogP contribution in [0.25, 0.3) is 0 Å². The van der Waals surface area contributed by atoms with Crippen molar-refractivity contribution in [3.8, 4) is 11.5 Å². The van der Waals surface area contributed by atoms with Crippen LogP contribution in [0.5, 0.6) is 11.5 Å². The second-order valence-electron chi connectivity index (χ2n) is 3.98. The number of hydrogen-bond acceptors (Lipinski definition) is 4. The van der Waals surface area contributed by atoms with Gasteiger partial charge in [0.25, 0.3) is 0 Å². The Morgan fingerprint density at radius 2 is 2.00 bits per heavy atom. The molecule has 0 spiro atoms. The van der Waals surface area contributed by atoms with Crippen molar-refractivity contribution in [3.63, 3.8) is 0 Å². The van der Waals surface area contributed by atoms with Crippen molar-refractivity contribution in [2.24, 2.45) is 0 Å². The van der Waals surface area contributed by atoms with E-state index in [1.165, 1.54) is 0 Å². The standard InChI is InChI=1S/C13H21NO3/c1-5-14(2)9-12(15)11-8-10(16-3)6-7-13(11)17-4/h6-8,12,15H,5,9H2,1-4H3. The Balaban J connectivity index is 2.92. The fraction of sp³-hybridized carbons (Fsp3) is 0.538. The first-order valence-corrected chi connectivity index (χ1v) is 5.70. The van der Waals surface area contributed by atoms with E-state index in [4.69, 9.17) is 9.47 Å². The molecule has 4 nitrogen and oxygen atoms in total. The van der Waals surface area contributed by atoms with Gasteiger partial charge in [0.1, 0.15) is 11.5 Å². The minimum Gasteiger partial charge on any atom is -0.497 e. The largest absolute Gasteiger partial charge is 0.497 e. The summed E-state index contributed by atoms with van der Waals surface area (Å²) in [5.74, 6) is 1.40. The summed E-state index contributed by atoms with van der Waals surface area (Å²) in [6.07, 6.45) is -0.579. The maximum Gasteiger partial charge on any atom is 0.124 e. The molecule has 0 bridgehead atoms. The van der Waals surface area contributed by atoms with E-state index in [-0.39, 0.29) is 0 Å². The Hall–Kier alpha value is -1.26. The molecule has 1 unspecified atom stereocenters. The van der Waals surface area contributed by atoms with Gasteiger partial charge in [-0.05, 0) is 31.8 Å². The van der Waals surface area contributed by atoms with Crippen LogP contribution in [0.3, 0.4) is 0 Å². The minimum absolute atomic E-state index is 0.569. The molecule has 0 aliphatic heterocycles. The van der Waals surface area contributed by atoms with Crippen molar-refractivity contribution < 1.29 is 14.6 Å². The Morgan fingerprint density at radius 1 is 1.29 bits per heavy atom. The van der Waals surface area contributed by atoms with Crippen LogP contribution in [0.4, 0.5) is 0 Å². The molecule has 0 heterocycles. The third-order valence-corrected chi connectivity index (χ3v) is 2.82. The number of aliphatic hydroxyl groups is 1. The normalized spacial score (nSPS) is 12.6. The lowest BCUT2D eigenvalue weighted by molar-refractivity contribution is 0.126. The van der Waals surface area contributed by atoms with Crippen molar-refractivity contribution in [2.75, 3.05) is 34.4 Å². The summed E-state index contributed by atoms with van der Waals surface area (Å²) in [6, 6.07) is 5.44. The first-order valence-electron chi connectivity index (χ1n) is 5.70. The van der Waals surface area contributed by atoms with E-state index in [0.29, 0.717) is 12.3 Å². The van der Waals surface area contributed by atoms with Crippen molar-refractivity contribution in [3.05, 3.63) is 23.8 Å². The molecular formula is C13H21NO3. The van der Waals surface area contributed by atoms with Crippen LogP contribution < -0.4 is 9.47 Å². The zero-order valence-corrected chi connectivity index (χ0v) is 10.9. The fourth-order valence-electron chi connectivity index (χ4n) is 1.62. The number of hydrogen-bond donors (Lipinski definition) is 1. The predicted molar refractivity (Wildman–Crippen MR) is 67.7 cm³/mol. The molecule has 0 amide bonds. The Kier molecular flexibility index (Phi) is 5.25. The molecule has 1 N–H and O–H groups in total. The lowest BCUT2D eigenvalue weighted by Gasteiger charge is -2.21. The second-order valence-corrected chi connectivity index (χ2v) is 3.98. The molecule has 1 atom stereocenters. The van der Waals surface area contributed by atoms with Gasteiger partial charge < -0.3 is 19.5 Å². The number of likely N-dealkylation sites (N-methyl/N-ethyl adjacent to an activating group) is 1. The lowest BCUT2D eigenvalue weighted by Crippen LogP contribution is -2.24. The number of ether oxygens (including phenoxy) is 2. The third kappa shape index (κ3) is 3.61. The van der Waals surface area contributed by atoms with Gasteiger partial charge in [-0.3, -0.25) is 0 Å². The predicted octanol–water partition coefficient (Wildman–Crippen LogP) is 1.69. The molecule has 1 aromatic carbocycles. The van der Waals surface area contributed by atoms with Gasteiger partial charge in [-0.25, -0.2) is 0 Å². The average molecular weight is 239 g/mol. The van der Waals surface area contributed by atoms with Gasteiger partial charge in [-0.15, -0.1) is 0 Å². The van der Waals surface area contributed by atoms with E-state index in [1.54, 1.807) is 14.2 Å². The highest BCUT2D eigenvalue weighted by Gasteiger charge is 2.15. The Morgan fingerprint density at radius 3 is 2.53 bits per heavy atom. The summed E-state index contributed by atoms with van der Waals surface area (Å²) in [5, 5.41) is 10.2. The summed E-state index contributed by atoms with van der Waals surface area (Å²) in [6.45, 7) is 3.51. The molecule has 1 rings (SSSR count). The molecule has 96 valence electrons. The topological polar surface area (TPSA) is 41.9 Å². The van der Waals surface area contributed by atoms with Gasteiger partial charge in [-0.1, -0.05) is 6.92 Å². The number of benzene rings is 1. The smallest absolute Gasteiger partial charge is 0.124 e. The van der Waals surface area contributed by atoms with E-state index in [2.05, 4.69) is 6.92 Å². The highest BCUT2D eigenvalue weighted by molar-refractivity contribution is 5.41. The Bertz CT molecular complexity index is 355. The van der Waals surface area contributed by atoms with Crippen LogP contribution in [-0.2, 0) is 0 Å². The average Bonchev–Trinajstić information content (AvgIpc) is 2.37. The zero-order chi connectivity index (χ0) is 12.8. The molecule has 0 aromatic heterocycles. The first kappa shape index (κ1) is 13.8. The van der Waals surface area contributed by atoms with E-state index in [0.717, 1.165) is 17.9 Å². The van der Waals surface area contributed by atoms with Crippen molar-refractivity contribution >= 4 is 0 Å². The van der Waals surface area contributed by atoms with Crippen molar-refractivity contribution in [2.45, 2.75) is 13.0 Å². The summed E-state index contributed by atoms with van der Waals surface area (Å²) in [4.78, 5) is 2.05. The molecule has 0 aliphatic carbocycles. The number of methoxy groups -OCH3 is 2. The van der Waals surface area contributed by atoms with Crippen LogP contribution in [0.2, 0.25) is 0 Å². The highest BCUT2D eigenvalue weighted by Crippen LogP contribution is 2.29. The van der Waals surface area contributed by atoms with E-state index in [1.807, 2.05) is 30.1 Å². The third-order valence-electron chi connectivity index (χ3n) is 2.82. The summed E-state index contributed by atoms with van der Waals surface area (Å²) in [5.41, 5.74) is 0.757. The summed E-state index contributed by atoms with van der Waals surface area (Å²) in [7, 11) is 5.17. The maximum atomic E-state index is 10.2.